The maximum absolute atomic E-state index is 15.0. The predicted molar refractivity (Wildman–Crippen MR) is 124 cm³/mol. The van der Waals surface area contributed by atoms with Gasteiger partial charge in [-0.05, 0) is 63.9 Å². The minimum Gasteiger partial charge on any atom is -0.492 e. The van der Waals surface area contributed by atoms with Crippen LogP contribution in [0.25, 0.3) is 16.4 Å². The van der Waals surface area contributed by atoms with E-state index in [2.05, 4.69) is 20.1 Å². The summed E-state index contributed by atoms with van der Waals surface area (Å²) >= 11 is 0. The Morgan fingerprint density at radius 2 is 1.97 bits per heavy atom. The van der Waals surface area contributed by atoms with E-state index in [1.165, 1.54) is 6.33 Å². The second-order valence-corrected chi connectivity index (χ2v) is 8.09. The number of ether oxygens (including phenoxy) is 2. The largest absolute Gasteiger partial charge is 0.492 e. The third-order valence-corrected chi connectivity index (χ3v) is 5.57. The van der Waals surface area contributed by atoms with Crippen molar-refractivity contribution in [2.24, 2.45) is 0 Å². The molecule has 33 heavy (non-hydrogen) atoms. The second-order valence-electron chi connectivity index (χ2n) is 8.09. The summed E-state index contributed by atoms with van der Waals surface area (Å²) in [5.41, 5.74) is 5.14. The number of pyridine rings is 1. The number of aryl methyl sites for hydroxylation is 4. The smallest absolute Gasteiger partial charge is 0.247 e. The van der Waals surface area contributed by atoms with Gasteiger partial charge in [0.1, 0.15) is 17.6 Å². The fraction of sp³-hybridized carbons (Fsp3) is 0.240. The number of nitrogens with one attached hydrogen (secondary N) is 1. The van der Waals surface area contributed by atoms with Crippen LogP contribution in [0.4, 0.5) is 4.39 Å². The highest BCUT2D eigenvalue weighted by molar-refractivity contribution is 5.83. The molecule has 7 nitrogen and oxygen atoms in total. The van der Waals surface area contributed by atoms with Crippen LogP contribution in [0.15, 0.2) is 48.9 Å². The van der Waals surface area contributed by atoms with Crippen molar-refractivity contribution in [2.75, 3.05) is 6.61 Å². The lowest BCUT2D eigenvalue weighted by molar-refractivity contribution is 0.308. The number of hydrogen-bond acceptors (Lipinski definition) is 5. The first-order chi connectivity index (χ1) is 16.0. The summed E-state index contributed by atoms with van der Waals surface area (Å²) < 4.78 is 28.6. The fourth-order valence-corrected chi connectivity index (χ4v) is 3.97. The van der Waals surface area contributed by atoms with E-state index in [1.54, 1.807) is 28.9 Å². The highest BCUT2D eigenvalue weighted by Gasteiger charge is 2.18. The van der Waals surface area contributed by atoms with Crippen molar-refractivity contribution in [1.29, 1.82) is 0 Å². The molecule has 0 saturated carbocycles. The van der Waals surface area contributed by atoms with Crippen molar-refractivity contribution < 1.29 is 13.9 Å². The van der Waals surface area contributed by atoms with Gasteiger partial charge in [-0.1, -0.05) is 6.07 Å². The van der Waals surface area contributed by atoms with E-state index in [0.29, 0.717) is 23.3 Å². The summed E-state index contributed by atoms with van der Waals surface area (Å²) in [4.78, 5) is 11.9. The first kappa shape index (κ1) is 20.9. The van der Waals surface area contributed by atoms with Crippen LogP contribution in [0.2, 0.25) is 0 Å². The standard InChI is InChI=1S/C25H24FN5O2/c1-15-6-4-7-18(29-15)8-5-11-32-22-13-31-24(17(22)3)25(27-14-28-31)33-21-10-9-20-19(23(21)26)12-16(2)30-20/h4,6-7,9-10,12-14,30H,5,8,11H2,1-3H3. The van der Waals surface area contributed by atoms with Crippen molar-refractivity contribution in [3.8, 4) is 17.4 Å². The maximum atomic E-state index is 15.0. The van der Waals surface area contributed by atoms with Gasteiger partial charge in [-0.3, -0.25) is 4.98 Å². The Hall–Kier alpha value is -3.94. The van der Waals surface area contributed by atoms with E-state index in [4.69, 9.17) is 9.47 Å². The molecular formula is C25H24FN5O2. The van der Waals surface area contributed by atoms with E-state index in [0.717, 1.165) is 41.0 Å². The molecule has 0 amide bonds. The molecule has 0 atom stereocenters. The van der Waals surface area contributed by atoms with Gasteiger partial charge in [0.25, 0.3) is 0 Å². The summed E-state index contributed by atoms with van der Waals surface area (Å²) in [5.74, 6) is 0.636. The van der Waals surface area contributed by atoms with E-state index in [-0.39, 0.29) is 11.6 Å². The molecule has 0 aliphatic rings. The van der Waals surface area contributed by atoms with Crippen molar-refractivity contribution in [3.05, 3.63) is 77.4 Å². The molecule has 0 unspecified atom stereocenters. The van der Waals surface area contributed by atoms with E-state index >= 15 is 4.39 Å². The normalized spacial score (nSPS) is 11.4. The first-order valence-corrected chi connectivity index (χ1v) is 10.8. The lowest BCUT2D eigenvalue weighted by Gasteiger charge is -2.08. The predicted octanol–water partition coefficient (Wildman–Crippen LogP) is 5.47. The Balaban J connectivity index is 1.35. The third kappa shape index (κ3) is 4.11. The summed E-state index contributed by atoms with van der Waals surface area (Å²) in [5, 5.41) is 4.74. The van der Waals surface area contributed by atoms with Crippen LogP contribution in [0, 0.1) is 26.6 Å². The molecule has 168 valence electrons. The average molecular weight is 445 g/mol. The van der Waals surface area contributed by atoms with Gasteiger partial charge in [0.2, 0.25) is 5.88 Å². The van der Waals surface area contributed by atoms with Gasteiger partial charge in [0.05, 0.1) is 12.8 Å². The monoisotopic (exact) mass is 445 g/mol. The molecule has 5 aromatic rings. The summed E-state index contributed by atoms with van der Waals surface area (Å²) in [6, 6.07) is 11.2. The number of aromatic amines is 1. The summed E-state index contributed by atoms with van der Waals surface area (Å²) in [7, 11) is 0. The number of hydrogen-bond donors (Lipinski definition) is 1. The molecule has 0 spiro atoms. The number of fused-ring (bicyclic) bond motifs is 2. The molecule has 4 heterocycles. The first-order valence-electron chi connectivity index (χ1n) is 10.8. The van der Waals surface area contributed by atoms with Crippen LogP contribution in [0.1, 0.15) is 29.1 Å². The van der Waals surface area contributed by atoms with Crippen LogP contribution in [-0.2, 0) is 6.42 Å². The molecule has 5 rings (SSSR count). The van der Waals surface area contributed by atoms with Crippen LogP contribution < -0.4 is 9.47 Å². The molecule has 0 aliphatic carbocycles. The quantitative estimate of drug-likeness (QED) is 0.336. The lowest BCUT2D eigenvalue weighted by Crippen LogP contribution is -2.01. The van der Waals surface area contributed by atoms with Gasteiger partial charge in [-0.15, -0.1) is 0 Å². The lowest BCUT2D eigenvalue weighted by atomic mass is 10.2. The molecule has 0 saturated heterocycles. The van der Waals surface area contributed by atoms with Gasteiger partial charge < -0.3 is 14.5 Å². The zero-order chi connectivity index (χ0) is 22.9. The Morgan fingerprint density at radius 1 is 1.09 bits per heavy atom. The van der Waals surface area contributed by atoms with Gasteiger partial charge in [0.15, 0.2) is 11.6 Å². The minimum absolute atomic E-state index is 0.107. The van der Waals surface area contributed by atoms with Crippen LogP contribution in [-0.4, -0.2) is 31.2 Å². The number of H-pyrrole nitrogens is 1. The molecule has 0 bridgehead atoms. The molecule has 1 N–H and O–H groups in total. The summed E-state index contributed by atoms with van der Waals surface area (Å²) in [6.07, 6.45) is 4.84. The van der Waals surface area contributed by atoms with Gasteiger partial charge in [-0.25, -0.2) is 8.91 Å². The summed E-state index contributed by atoms with van der Waals surface area (Å²) in [6.45, 7) is 6.32. The molecule has 0 radical (unpaired) electrons. The number of rotatable bonds is 7. The Bertz CT molecular complexity index is 1460. The zero-order valence-corrected chi connectivity index (χ0v) is 18.7. The topological polar surface area (TPSA) is 77.3 Å². The fourth-order valence-electron chi connectivity index (χ4n) is 3.97. The number of halogens is 1. The van der Waals surface area contributed by atoms with E-state index in [9.17, 15) is 0 Å². The highest BCUT2D eigenvalue weighted by Crippen LogP contribution is 2.34. The molecule has 1 aromatic carbocycles. The number of nitrogens with zero attached hydrogens (tertiary/aromatic N) is 4. The Morgan fingerprint density at radius 3 is 2.82 bits per heavy atom. The van der Waals surface area contributed by atoms with E-state index < -0.39 is 5.82 Å². The van der Waals surface area contributed by atoms with Crippen LogP contribution in [0.3, 0.4) is 0 Å². The molecule has 4 aromatic heterocycles. The Kier molecular flexibility index (Phi) is 5.42. The van der Waals surface area contributed by atoms with Gasteiger partial charge in [-0.2, -0.15) is 10.1 Å². The zero-order valence-electron chi connectivity index (χ0n) is 18.7. The average Bonchev–Trinajstić information content (AvgIpc) is 3.33. The maximum Gasteiger partial charge on any atom is 0.247 e. The van der Waals surface area contributed by atoms with Crippen molar-refractivity contribution >= 4 is 16.4 Å². The van der Waals surface area contributed by atoms with Crippen molar-refractivity contribution in [1.82, 2.24) is 24.6 Å². The van der Waals surface area contributed by atoms with Gasteiger partial charge in [0, 0.05) is 33.5 Å². The Labute approximate surface area is 190 Å². The van der Waals surface area contributed by atoms with Crippen molar-refractivity contribution in [2.45, 2.75) is 33.6 Å². The molecule has 8 heteroatoms. The highest BCUT2D eigenvalue weighted by atomic mass is 19.1. The SMILES string of the molecule is Cc1cccc(CCCOc2cn3ncnc(Oc4ccc5[nH]c(C)cc5c4F)c3c2C)n1. The molecule has 0 aliphatic heterocycles. The molecule has 0 fully saturated rings. The van der Waals surface area contributed by atoms with E-state index in [1.807, 2.05) is 39.0 Å². The number of aromatic nitrogens is 5. The third-order valence-electron chi connectivity index (χ3n) is 5.57. The molecular weight excluding hydrogens is 421 g/mol. The van der Waals surface area contributed by atoms with Crippen LogP contribution >= 0.6 is 0 Å². The van der Waals surface area contributed by atoms with Gasteiger partial charge >= 0.3 is 0 Å². The van der Waals surface area contributed by atoms with Crippen molar-refractivity contribution in [3.63, 3.8) is 0 Å². The second kappa shape index (κ2) is 8.54. The number of benzene rings is 1. The van der Waals surface area contributed by atoms with Crippen LogP contribution in [0.5, 0.6) is 17.4 Å². The minimum atomic E-state index is -0.431.